The Balaban J connectivity index is -0.0000000903. The van der Waals surface area contributed by atoms with Crippen LogP contribution in [0.4, 0.5) is 0 Å². The summed E-state index contributed by atoms with van der Waals surface area (Å²) in [5.41, 5.74) is 0.750. The van der Waals surface area contributed by atoms with E-state index >= 15 is 0 Å². The van der Waals surface area contributed by atoms with Crippen molar-refractivity contribution in [1.29, 1.82) is 0 Å². The monoisotopic (exact) mass is 458 g/mol. The zero-order valence-electron chi connectivity index (χ0n) is 16.1. The summed E-state index contributed by atoms with van der Waals surface area (Å²) in [6.45, 7) is 30.0. The van der Waals surface area contributed by atoms with Crippen molar-refractivity contribution in [2.24, 2.45) is 16.2 Å². The third-order valence-corrected chi connectivity index (χ3v) is 0.586. The van der Waals surface area contributed by atoms with E-state index in [4.69, 9.17) is 0 Å². The van der Waals surface area contributed by atoms with Gasteiger partial charge < -0.3 is 20.8 Å². The molecule has 0 bridgehead atoms. The molecule has 0 aliphatic heterocycles. The molecule has 0 N–H and O–H groups in total. The first-order valence-corrected chi connectivity index (χ1v) is 7.28. The van der Waals surface area contributed by atoms with Crippen LogP contribution in [0.3, 0.4) is 0 Å². The van der Waals surface area contributed by atoms with Gasteiger partial charge in [0.1, 0.15) is 0 Å². The first kappa shape index (κ1) is 29.4. The minimum Gasteiger partial charge on any atom is -0.338 e. The van der Waals surface area contributed by atoms with Crippen LogP contribution < -0.4 is 0 Å². The van der Waals surface area contributed by atoms with E-state index in [1.807, 2.05) is 12.2 Å². The van der Waals surface area contributed by atoms with Crippen LogP contribution in [-0.2, 0) is 25.8 Å². The van der Waals surface area contributed by atoms with Crippen molar-refractivity contribution < 1.29 is 25.8 Å². The van der Waals surface area contributed by atoms with Gasteiger partial charge in [0.15, 0.2) is 0 Å². The summed E-state index contributed by atoms with van der Waals surface area (Å²) in [7, 11) is 0. The van der Waals surface area contributed by atoms with Crippen molar-refractivity contribution in [2.75, 3.05) is 0 Å². The van der Waals surface area contributed by atoms with Crippen LogP contribution in [0.1, 0.15) is 68.7 Å². The van der Waals surface area contributed by atoms with E-state index in [9.17, 15) is 0 Å². The fourth-order valence-electron chi connectivity index (χ4n) is 0.340. The standard InChI is InChI=1S/C5H5.3C5H11.Hf/c1-2-4-5-3-1;3*1-5(2,3)4;/h1-3H,4H2;3*1H2,2-4H3;/q4*-1;+4. The largest absolute Gasteiger partial charge is 4.00 e. The average molecular weight is 457 g/mol. The van der Waals surface area contributed by atoms with Gasteiger partial charge >= 0.3 is 25.8 Å². The molecule has 21 heavy (non-hydrogen) atoms. The molecule has 0 fully saturated rings. The molecule has 0 aromatic carbocycles. The van der Waals surface area contributed by atoms with Gasteiger partial charge in [0.25, 0.3) is 0 Å². The Labute approximate surface area is 155 Å². The van der Waals surface area contributed by atoms with E-state index in [-0.39, 0.29) is 42.1 Å². The summed E-state index contributed by atoms with van der Waals surface area (Å²) in [6.07, 6.45) is 10.0. The van der Waals surface area contributed by atoms with Crippen LogP contribution in [-0.4, -0.2) is 0 Å². The van der Waals surface area contributed by atoms with Crippen LogP contribution in [0.5, 0.6) is 0 Å². The van der Waals surface area contributed by atoms with Gasteiger partial charge in [0, 0.05) is 0 Å². The molecule has 0 nitrogen and oxygen atoms in total. The number of hydrogen-bond donors (Lipinski definition) is 0. The molecule has 1 heteroatoms. The SMILES string of the molecule is [C-]1=CC=CC1.[CH2-]C(C)(C)C.[CH2-]C(C)(C)C.[CH2-]C(C)(C)C.[Hf+4]. The fourth-order valence-corrected chi connectivity index (χ4v) is 0.340. The van der Waals surface area contributed by atoms with E-state index in [0.717, 1.165) is 6.42 Å². The molecule has 1 aliphatic carbocycles. The van der Waals surface area contributed by atoms with Crippen molar-refractivity contribution in [3.63, 3.8) is 0 Å². The Morgan fingerprint density at radius 1 is 0.714 bits per heavy atom. The first-order valence-electron chi connectivity index (χ1n) is 7.28. The second kappa shape index (κ2) is 14.0. The predicted octanol–water partition coefficient (Wildman–Crippen LogP) is 6.90. The van der Waals surface area contributed by atoms with Crippen LogP contribution in [0.2, 0.25) is 0 Å². The minimum absolute atomic E-state index is 0. The van der Waals surface area contributed by atoms with Gasteiger partial charge in [0.05, 0.1) is 0 Å². The Kier molecular flexibility index (Phi) is 19.5. The maximum Gasteiger partial charge on any atom is 4.00 e. The molecule has 0 unspecified atom stereocenters. The summed E-state index contributed by atoms with van der Waals surface area (Å²) < 4.78 is 0. The third-order valence-electron chi connectivity index (χ3n) is 0.586. The molecule has 0 aromatic heterocycles. The Bertz CT molecular complexity index is 195. The van der Waals surface area contributed by atoms with Crippen molar-refractivity contribution in [3.05, 3.63) is 45.1 Å². The first-order chi connectivity index (χ1) is 8.50. The molecular formula is C20H38Hf. The van der Waals surface area contributed by atoms with Gasteiger partial charge in [-0.1, -0.05) is 62.3 Å². The fraction of sp³-hybridized carbons (Fsp3) is 0.650. The normalized spacial score (nSPS) is 12.8. The molecule has 1 aliphatic rings. The zero-order valence-corrected chi connectivity index (χ0v) is 19.7. The summed E-state index contributed by atoms with van der Waals surface area (Å²) in [5, 5.41) is 0. The number of rotatable bonds is 0. The van der Waals surface area contributed by atoms with Gasteiger partial charge in [0.2, 0.25) is 0 Å². The molecule has 0 atom stereocenters. The number of hydrogen-bond acceptors (Lipinski definition) is 0. The van der Waals surface area contributed by atoms with E-state index < -0.39 is 0 Å². The zero-order chi connectivity index (χ0) is 17.0. The Hall–Kier alpha value is 0.350. The van der Waals surface area contributed by atoms with Crippen LogP contribution in [0, 0.1) is 43.1 Å². The van der Waals surface area contributed by atoms with Crippen molar-refractivity contribution in [3.8, 4) is 0 Å². The maximum atomic E-state index is 3.77. The molecular weight excluding hydrogens is 419 g/mol. The summed E-state index contributed by atoms with van der Waals surface area (Å²) in [4.78, 5) is 0. The van der Waals surface area contributed by atoms with Gasteiger partial charge in [-0.25, -0.2) is 12.2 Å². The van der Waals surface area contributed by atoms with Gasteiger partial charge in [-0.2, -0.15) is 22.3 Å². The van der Waals surface area contributed by atoms with E-state index in [2.05, 4.69) is 95.2 Å². The van der Waals surface area contributed by atoms with Gasteiger partial charge in [-0.15, -0.1) is 6.42 Å². The van der Waals surface area contributed by atoms with E-state index in [1.54, 1.807) is 0 Å². The number of allylic oxidation sites excluding steroid dienone is 4. The third kappa shape index (κ3) is 239. The van der Waals surface area contributed by atoms with E-state index in [1.165, 1.54) is 0 Å². The summed E-state index contributed by atoms with van der Waals surface area (Å²) in [6, 6.07) is 0. The summed E-state index contributed by atoms with van der Waals surface area (Å²) in [5.74, 6) is 0. The summed E-state index contributed by atoms with van der Waals surface area (Å²) >= 11 is 0. The average Bonchev–Trinajstić information content (AvgIpc) is 2.45. The molecule has 0 saturated heterocycles. The van der Waals surface area contributed by atoms with E-state index in [0.29, 0.717) is 0 Å². The molecule has 1 rings (SSSR count). The Morgan fingerprint density at radius 3 is 1.00 bits per heavy atom. The molecule has 0 saturated carbocycles. The van der Waals surface area contributed by atoms with Gasteiger partial charge in [-0.3, -0.25) is 6.08 Å². The molecule has 122 valence electrons. The second-order valence-electron chi connectivity index (χ2n) is 8.69. The molecule has 0 spiro atoms. The van der Waals surface area contributed by atoms with Crippen molar-refractivity contribution in [2.45, 2.75) is 68.7 Å². The van der Waals surface area contributed by atoms with Crippen LogP contribution in [0.25, 0.3) is 0 Å². The van der Waals surface area contributed by atoms with Gasteiger partial charge in [-0.05, 0) is 0 Å². The topological polar surface area (TPSA) is 0 Å². The Morgan fingerprint density at radius 2 is 0.952 bits per heavy atom. The van der Waals surface area contributed by atoms with Crippen molar-refractivity contribution in [1.82, 2.24) is 0 Å². The maximum absolute atomic E-state index is 3.77. The molecule has 0 aromatic rings. The smallest absolute Gasteiger partial charge is 0.338 e. The van der Waals surface area contributed by atoms with Crippen molar-refractivity contribution >= 4 is 0 Å². The molecule has 0 heterocycles. The quantitative estimate of drug-likeness (QED) is 0.274. The minimum atomic E-state index is 0. The second-order valence-corrected chi connectivity index (χ2v) is 8.69. The molecule has 0 radical (unpaired) electrons. The van der Waals surface area contributed by atoms with Crippen LogP contribution >= 0.6 is 0 Å². The van der Waals surface area contributed by atoms with Crippen LogP contribution in [0.15, 0.2) is 18.2 Å². The predicted molar refractivity (Wildman–Crippen MR) is 96.0 cm³/mol. The molecule has 0 amide bonds.